The molecule has 0 bridgehead atoms. The van der Waals surface area contributed by atoms with E-state index >= 15 is 0 Å². The Bertz CT molecular complexity index is 1120. The van der Waals surface area contributed by atoms with Crippen molar-refractivity contribution in [2.75, 3.05) is 11.1 Å². The van der Waals surface area contributed by atoms with E-state index in [0.717, 1.165) is 0 Å². The lowest BCUT2D eigenvalue weighted by Crippen LogP contribution is -2.29. The average Bonchev–Trinajstić information content (AvgIpc) is 3.17. The molecule has 2 aromatic carbocycles. The molecule has 1 atom stereocenters. The summed E-state index contributed by atoms with van der Waals surface area (Å²) in [6, 6.07) is 12.0. The van der Waals surface area contributed by atoms with Gasteiger partial charge in [-0.1, -0.05) is 41.6 Å². The molecule has 0 spiro atoms. The lowest BCUT2D eigenvalue weighted by atomic mass is 10.2. The summed E-state index contributed by atoms with van der Waals surface area (Å²) in [5, 5.41) is 14.9. The molecule has 0 radical (unpaired) electrons. The van der Waals surface area contributed by atoms with Crippen LogP contribution in [0.2, 0.25) is 5.02 Å². The molecule has 0 aliphatic carbocycles. The van der Waals surface area contributed by atoms with Gasteiger partial charge in [-0.15, -0.1) is 16.8 Å². The van der Waals surface area contributed by atoms with E-state index in [1.807, 2.05) is 0 Å². The van der Waals surface area contributed by atoms with Crippen LogP contribution in [-0.4, -0.2) is 32.3 Å². The fraction of sp³-hybridized carbons (Fsp3) is 0.182. The highest BCUT2D eigenvalue weighted by atomic mass is 35.5. The maximum atomic E-state index is 13.9. The summed E-state index contributed by atoms with van der Waals surface area (Å²) in [5.41, 5.74) is 0.584. The fourth-order valence-corrected chi connectivity index (χ4v) is 3.75. The maximum absolute atomic E-state index is 13.9. The van der Waals surface area contributed by atoms with Crippen LogP contribution in [-0.2, 0) is 11.3 Å². The third-order valence-electron chi connectivity index (χ3n) is 4.37. The van der Waals surface area contributed by atoms with Gasteiger partial charge >= 0.3 is 0 Å². The van der Waals surface area contributed by atoms with Crippen LogP contribution in [0.1, 0.15) is 29.1 Å². The van der Waals surface area contributed by atoms with E-state index in [0.29, 0.717) is 28.2 Å². The second-order valence-electron chi connectivity index (χ2n) is 6.76. The summed E-state index contributed by atoms with van der Waals surface area (Å²) in [4.78, 5) is 24.7. The minimum absolute atomic E-state index is 0.0531. The number of nitrogens with zero attached hydrogens (tertiary/aromatic N) is 3. The van der Waals surface area contributed by atoms with Gasteiger partial charge in [0.05, 0.1) is 17.4 Å². The largest absolute Gasteiger partial charge is 0.342 e. The van der Waals surface area contributed by atoms with Crippen molar-refractivity contribution in [3.05, 3.63) is 83.4 Å². The topological polar surface area (TPSA) is 88.9 Å². The van der Waals surface area contributed by atoms with E-state index in [9.17, 15) is 14.0 Å². The van der Waals surface area contributed by atoms with Crippen LogP contribution in [0.3, 0.4) is 0 Å². The third kappa shape index (κ3) is 5.95. The number of amides is 2. The summed E-state index contributed by atoms with van der Waals surface area (Å²) < 4.78 is 15.6. The standard InChI is InChI=1S/C22H21ClFN5O2S/c1-3-12-29-20(14(2)25-21(31)17-6-4-5-7-18(17)24)27-28-22(29)32-13-19(30)26-16-10-8-15(23)9-11-16/h3-11,14H,1,12-13H2,2H3,(H,25,31)(H,26,30)/t14-/m1/s1. The first kappa shape index (κ1) is 23.5. The zero-order valence-corrected chi connectivity index (χ0v) is 18.8. The van der Waals surface area contributed by atoms with Crippen molar-refractivity contribution in [1.82, 2.24) is 20.1 Å². The molecule has 7 nitrogen and oxygen atoms in total. The van der Waals surface area contributed by atoms with E-state index in [-0.39, 0.29) is 17.2 Å². The number of allylic oxidation sites excluding steroid dienone is 1. The van der Waals surface area contributed by atoms with Crippen LogP contribution in [0.4, 0.5) is 10.1 Å². The predicted molar refractivity (Wildman–Crippen MR) is 123 cm³/mol. The lowest BCUT2D eigenvalue weighted by Gasteiger charge is -2.15. The van der Waals surface area contributed by atoms with Crippen molar-refractivity contribution in [3.8, 4) is 0 Å². The van der Waals surface area contributed by atoms with Gasteiger partial charge in [0.1, 0.15) is 5.82 Å². The number of benzene rings is 2. The number of anilines is 1. The van der Waals surface area contributed by atoms with Crippen molar-refractivity contribution >= 4 is 40.9 Å². The number of halogens is 2. The number of rotatable bonds is 9. The number of aromatic nitrogens is 3. The van der Waals surface area contributed by atoms with Crippen LogP contribution >= 0.6 is 23.4 Å². The van der Waals surface area contributed by atoms with Gasteiger partial charge in [0.15, 0.2) is 11.0 Å². The van der Waals surface area contributed by atoms with E-state index in [1.165, 1.54) is 30.0 Å². The highest BCUT2D eigenvalue weighted by Gasteiger charge is 2.21. The third-order valence-corrected chi connectivity index (χ3v) is 5.59. The molecule has 10 heteroatoms. The maximum Gasteiger partial charge on any atom is 0.254 e. The van der Waals surface area contributed by atoms with Crippen molar-refractivity contribution in [2.24, 2.45) is 0 Å². The van der Waals surface area contributed by atoms with E-state index in [4.69, 9.17) is 11.6 Å². The highest BCUT2D eigenvalue weighted by Crippen LogP contribution is 2.22. The first-order valence-electron chi connectivity index (χ1n) is 9.66. The molecule has 1 aromatic heterocycles. The number of thioether (sulfide) groups is 1. The van der Waals surface area contributed by atoms with Gasteiger partial charge in [-0.3, -0.25) is 9.59 Å². The van der Waals surface area contributed by atoms with Crippen LogP contribution in [0.5, 0.6) is 0 Å². The molecule has 2 amide bonds. The Morgan fingerprint density at radius 1 is 1.22 bits per heavy atom. The van der Waals surface area contributed by atoms with E-state index in [2.05, 4.69) is 27.4 Å². The molecule has 0 unspecified atom stereocenters. The van der Waals surface area contributed by atoms with Crippen molar-refractivity contribution in [2.45, 2.75) is 24.7 Å². The quantitative estimate of drug-likeness (QED) is 0.353. The average molecular weight is 474 g/mol. The normalized spacial score (nSPS) is 11.6. The highest BCUT2D eigenvalue weighted by molar-refractivity contribution is 7.99. The molecule has 3 aromatic rings. The molecule has 0 fully saturated rings. The molecular weight excluding hydrogens is 453 g/mol. The van der Waals surface area contributed by atoms with E-state index in [1.54, 1.807) is 47.9 Å². The Labute approximate surface area is 194 Å². The second kappa shape index (κ2) is 10.9. The number of carbonyl (C=O) groups is 2. The first-order chi connectivity index (χ1) is 15.4. The first-order valence-corrected chi connectivity index (χ1v) is 11.0. The Kier molecular flexibility index (Phi) is 8.02. The van der Waals surface area contributed by atoms with Crippen LogP contribution in [0.15, 0.2) is 66.3 Å². The van der Waals surface area contributed by atoms with Gasteiger partial charge in [-0.2, -0.15) is 0 Å². The van der Waals surface area contributed by atoms with Gasteiger partial charge in [-0.25, -0.2) is 4.39 Å². The molecule has 0 saturated heterocycles. The molecular formula is C22H21ClFN5O2S. The Hall–Kier alpha value is -3.17. The smallest absolute Gasteiger partial charge is 0.254 e. The molecule has 3 rings (SSSR count). The van der Waals surface area contributed by atoms with Crippen molar-refractivity contribution in [3.63, 3.8) is 0 Å². The predicted octanol–water partition coefficient (Wildman–Crippen LogP) is 4.48. The van der Waals surface area contributed by atoms with Gasteiger partial charge in [0.25, 0.3) is 5.91 Å². The van der Waals surface area contributed by atoms with Crippen LogP contribution in [0, 0.1) is 5.82 Å². The fourth-order valence-electron chi connectivity index (χ4n) is 2.87. The SMILES string of the molecule is C=CCn1c(SCC(=O)Nc2ccc(Cl)cc2)nnc1[C@@H](C)NC(=O)c1ccccc1F. The molecule has 0 aliphatic heterocycles. The second-order valence-corrected chi connectivity index (χ2v) is 8.14. The number of carbonyl (C=O) groups excluding carboxylic acids is 2. The summed E-state index contributed by atoms with van der Waals surface area (Å²) in [6.45, 7) is 5.85. The molecule has 0 aliphatic rings. The zero-order valence-electron chi connectivity index (χ0n) is 17.2. The molecule has 2 N–H and O–H groups in total. The summed E-state index contributed by atoms with van der Waals surface area (Å²) in [6.07, 6.45) is 1.66. The molecule has 1 heterocycles. The van der Waals surface area contributed by atoms with Crippen LogP contribution < -0.4 is 10.6 Å². The van der Waals surface area contributed by atoms with Crippen molar-refractivity contribution in [1.29, 1.82) is 0 Å². The minimum atomic E-state index is -0.604. The Balaban J connectivity index is 1.67. The summed E-state index contributed by atoms with van der Waals surface area (Å²) >= 11 is 7.05. The van der Waals surface area contributed by atoms with Gasteiger partial charge in [-0.05, 0) is 43.3 Å². The van der Waals surface area contributed by atoms with Crippen LogP contribution in [0.25, 0.3) is 0 Å². The van der Waals surface area contributed by atoms with Crippen molar-refractivity contribution < 1.29 is 14.0 Å². The molecule has 32 heavy (non-hydrogen) atoms. The van der Waals surface area contributed by atoms with Gasteiger partial charge in [0.2, 0.25) is 5.91 Å². The Morgan fingerprint density at radius 3 is 2.62 bits per heavy atom. The van der Waals surface area contributed by atoms with Gasteiger partial charge < -0.3 is 15.2 Å². The molecule has 166 valence electrons. The number of hydrogen-bond acceptors (Lipinski definition) is 5. The number of hydrogen-bond donors (Lipinski definition) is 2. The lowest BCUT2D eigenvalue weighted by molar-refractivity contribution is -0.113. The minimum Gasteiger partial charge on any atom is -0.342 e. The van der Waals surface area contributed by atoms with Gasteiger partial charge in [0, 0.05) is 17.3 Å². The summed E-state index contributed by atoms with van der Waals surface area (Å²) in [5.74, 6) is -0.801. The Morgan fingerprint density at radius 2 is 1.94 bits per heavy atom. The van der Waals surface area contributed by atoms with E-state index < -0.39 is 17.8 Å². The summed E-state index contributed by atoms with van der Waals surface area (Å²) in [7, 11) is 0. The monoisotopic (exact) mass is 473 g/mol. The number of nitrogens with one attached hydrogen (secondary N) is 2. The zero-order chi connectivity index (χ0) is 23.1. The molecule has 0 saturated carbocycles.